The standard InChI is InChI=1S/C11H8BrN5/c12-7-3-8(13)10-9(4-7)16-11(17-10)6-1-2-14-15-5-6/h1-5H,13H2,(H,16,17). The predicted molar refractivity (Wildman–Crippen MR) is 69.2 cm³/mol. The van der Waals surface area contributed by atoms with Crippen LogP contribution in [0.1, 0.15) is 0 Å². The minimum atomic E-state index is 0.638. The van der Waals surface area contributed by atoms with E-state index in [4.69, 9.17) is 5.73 Å². The van der Waals surface area contributed by atoms with Crippen LogP contribution in [0, 0.1) is 0 Å². The second-order valence-corrected chi connectivity index (χ2v) is 4.52. The van der Waals surface area contributed by atoms with Crippen LogP contribution in [0.25, 0.3) is 22.4 Å². The van der Waals surface area contributed by atoms with Gasteiger partial charge < -0.3 is 10.7 Å². The Balaban J connectivity index is 2.24. The van der Waals surface area contributed by atoms with E-state index in [1.54, 1.807) is 12.4 Å². The number of hydrogen-bond acceptors (Lipinski definition) is 4. The molecule has 0 bridgehead atoms. The molecule has 0 radical (unpaired) electrons. The highest BCUT2D eigenvalue weighted by molar-refractivity contribution is 9.10. The maximum atomic E-state index is 5.91. The number of fused-ring (bicyclic) bond motifs is 1. The minimum absolute atomic E-state index is 0.638. The Hall–Kier alpha value is -1.95. The topological polar surface area (TPSA) is 80.5 Å². The summed E-state index contributed by atoms with van der Waals surface area (Å²) in [6.07, 6.45) is 3.28. The van der Waals surface area contributed by atoms with E-state index in [-0.39, 0.29) is 0 Å². The van der Waals surface area contributed by atoms with Crippen LogP contribution in [0.5, 0.6) is 0 Å². The number of hydrogen-bond donors (Lipinski definition) is 2. The first-order valence-electron chi connectivity index (χ1n) is 4.96. The van der Waals surface area contributed by atoms with Crippen LogP contribution >= 0.6 is 15.9 Å². The van der Waals surface area contributed by atoms with Gasteiger partial charge in [-0.3, -0.25) is 0 Å². The van der Waals surface area contributed by atoms with Gasteiger partial charge in [-0.15, -0.1) is 0 Å². The van der Waals surface area contributed by atoms with E-state index in [0.717, 1.165) is 26.9 Å². The minimum Gasteiger partial charge on any atom is -0.397 e. The average Bonchev–Trinajstić information content (AvgIpc) is 2.74. The second kappa shape index (κ2) is 3.81. The maximum Gasteiger partial charge on any atom is 0.140 e. The molecular weight excluding hydrogens is 282 g/mol. The quantitative estimate of drug-likeness (QED) is 0.674. The molecule has 0 saturated carbocycles. The van der Waals surface area contributed by atoms with Crippen molar-refractivity contribution in [3.8, 4) is 11.4 Å². The number of H-pyrrole nitrogens is 1. The Labute approximate surface area is 105 Å². The third kappa shape index (κ3) is 1.76. The van der Waals surface area contributed by atoms with Crippen LogP contribution in [-0.4, -0.2) is 20.2 Å². The number of nitrogens with two attached hydrogens (primary N) is 1. The fourth-order valence-electron chi connectivity index (χ4n) is 1.68. The molecule has 1 aromatic carbocycles. The number of benzene rings is 1. The molecule has 2 aromatic heterocycles. The largest absolute Gasteiger partial charge is 0.397 e. The fraction of sp³-hybridized carbons (Fsp3) is 0. The van der Waals surface area contributed by atoms with Crippen molar-refractivity contribution >= 4 is 32.7 Å². The number of nitrogens with one attached hydrogen (secondary N) is 1. The van der Waals surface area contributed by atoms with Gasteiger partial charge in [-0.2, -0.15) is 10.2 Å². The molecule has 0 unspecified atom stereocenters. The van der Waals surface area contributed by atoms with Crippen LogP contribution in [-0.2, 0) is 0 Å². The number of rotatable bonds is 1. The molecule has 3 rings (SSSR count). The third-order valence-electron chi connectivity index (χ3n) is 2.44. The molecule has 2 heterocycles. The SMILES string of the molecule is Nc1cc(Br)cc2[nH]c(-c3ccnnc3)nc12. The van der Waals surface area contributed by atoms with Crippen LogP contribution in [0.3, 0.4) is 0 Å². The van der Waals surface area contributed by atoms with Crippen molar-refractivity contribution < 1.29 is 0 Å². The predicted octanol–water partition coefficient (Wildman–Crippen LogP) is 2.36. The Kier molecular flexibility index (Phi) is 2.29. The van der Waals surface area contributed by atoms with Crippen molar-refractivity contribution in [2.24, 2.45) is 0 Å². The summed E-state index contributed by atoms with van der Waals surface area (Å²) in [6, 6.07) is 5.62. The number of imidazole rings is 1. The van der Waals surface area contributed by atoms with E-state index in [2.05, 4.69) is 36.1 Å². The lowest BCUT2D eigenvalue weighted by Crippen LogP contribution is -1.86. The number of halogens is 1. The summed E-state index contributed by atoms with van der Waals surface area (Å²) >= 11 is 3.40. The molecule has 0 spiro atoms. The molecule has 5 nitrogen and oxygen atoms in total. The van der Waals surface area contributed by atoms with Gasteiger partial charge in [-0.05, 0) is 18.2 Å². The summed E-state index contributed by atoms with van der Waals surface area (Å²) in [7, 11) is 0. The lowest BCUT2D eigenvalue weighted by atomic mass is 10.3. The van der Waals surface area contributed by atoms with Crippen LogP contribution < -0.4 is 5.73 Å². The van der Waals surface area contributed by atoms with Crippen molar-refractivity contribution in [3.05, 3.63) is 35.1 Å². The molecule has 3 aromatic rings. The van der Waals surface area contributed by atoms with E-state index < -0.39 is 0 Å². The highest BCUT2D eigenvalue weighted by Crippen LogP contribution is 2.27. The van der Waals surface area contributed by atoms with Gasteiger partial charge >= 0.3 is 0 Å². The molecule has 0 amide bonds. The highest BCUT2D eigenvalue weighted by atomic mass is 79.9. The van der Waals surface area contributed by atoms with Gasteiger partial charge in [0.25, 0.3) is 0 Å². The zero-order chi connectivity index (χ0) is 11.8. The molecule has 0 atom stereocenters. The maximum absolute atomic E-state index is 5.91. The van der Waals surface area contributed by atoms with Crippen molar-refractivity contribution in [2.45, 2.75) is 0 Å². The number of aromatic amines is 1. The van der Waals surface area contributed by atoms with Gasteiger partial charge in [-0.1, -0.05) is 15.9 Å². The molecule has 0 aliphatic carbocycles. The molecule has 0 aliphatic heterocycles. The Morgan fingerprint density at radius 2 is 2.12 bits per heavy atom. The molecule has 3 N–H and O–H groups in total. The highest BCUT2D eigenvalue weighted by Gasteiger charge is 2.08. The Morgan fingerprint density at radius 1 is 1.24 bits per heavy atom. The molecule has 0 fully saturated rings. The molecule has 6 heteroatoms. The normalized spacial score (nSPS) is 10.9. The fourth-order valence-corrected chi connectivity index (χ4v) is 2.15. The zero-order valence-electron chi connectivity index (χ0n) is 8.68. The third-order valence-corrected chi connectivity index (χ3v) is 2.90. The van der Waals surface area contributed by atoms with E-state index in [1.165, 1.54) is 0 Å². The molecule has 17 heavy (non-hydrogen) atoms. The van der Waals surface area contributed by atoms with Crippen molar-refractivity contribution in [2.75, 3.05) is 5.73 Å². The molecule has 0 aliphatic rings. The monoisotopic (exact) mass is 289 g/mol. The van der Waals surface area contributed by atoms with Gasteiger partial charge in [-0.25, -0.2) is 4.98 Å². The molecule has 0 saturated heterocycles. The summed E-state index contributed by atoms with van der Waals surface area (Å²) in [5.74, 6) is 0.736. The first kappa shape index (κ1) is 10.2. The summed E-state index contributed by atoms with van der Waals surface area (Å²) in [6.45, 7) is 0. The van der Waals surface area contributed by atoms with E-state index in [1.807, 2.05) is 18.2 Å². The number of aromatic nitrogens is 4. The smallest absolute Gasteiger partial charge is 0.140 e. The Bertz CT molecular complexity index is 677. The summed E-state index contributed by atoms with van der Waals surface area (Å²) in [4.78, 5) is 7.66. The summed E-state index contributed by atoms with van der Waals surface area (Å²) < 4.78 is 0.922. The van der Waals surface area contributed by atoms with E-state index >= 15 is 0 Å². The zero-order valence-corrected chi connectivity index (χ0v) is 10.3. The van der Waals surface area contributed by atoms with Crippen LogP contribution in [0.15, 0.2) is 35.1 Å². The van der Waals surface area contributed by atoms with Crippen molar-refractivity contribution in [1.29, 1.82) is 0 Å². The van der Waals surface area contributed by atoms with Crippen molar-refractivity contribution in [3.63, 3.8) is 0 Å². The Morgan fingerprint density at radius 3 is 2.88 bits per heavy atom. The summed E-state index contributed by atoms with van der Waals surface area (Å²) in [5, 5.41) is 7.55. The van der Waals surface area contributed by atoms with E-state index in [0.29, 0.717) is 5.69 Å². The first-order chi connectivity index (χ1) is 8.24. The molecular formula is C11H8BrN5. The van der Waals surface area contributed by atoms with Gasteiger partial charge in [0, 0.05) is 10.0 Å². The number of anilines is 1. The molecule has 84 valence electrons. The number of nitrogens with zero attached hydrogens (tertiary/aromatic N) is 3. The van der Waals surface area contributed by atoms with Crippen LogP contribution in [0.2, 0.25) is 0 Å². The number of nitrogen functional groups attached to an aromatic ring is 1. The average molecular weight is 290 g/mol. The van der Waals surface area contributed by atoms with Gasteiger partial charge in [0.15, 0.2) is 0 Å². The van der Waals surface area contributed by atoms with Gasteiger partial charge in [0.05, 0.1) is 23.6 Å². The van der Waals surface area contributed by atoms with Crippen LogP contribution in [0.4, 0.5) is 5.69 Å². The van der Waals surface area contributed by atoms with Gasteiger partial charge in [0.2, 0.25) is 0 Å². The lowest BCUT2D eigenvalue weighted by Gasteiger charge is -1.94. The van der Waals surface area contributed by atoms with Gasteiger partial charge in [0.1, 0.15) is 11.3 Å². The lowest BCUT2D eigenvalue weighted by molar-refractivity contribution is 1.03. The second-order valence-electron chi connectivity index (χ2n) is 3.61. The van der Waals surface area contributed by atoms with Crippen molar-refractivity contribution in [1.82, 2.24) is 20.2 Å². The first-order valence-corrected chi connectivity index (χ1v) is 5.75. The van der Waals surface area contributed by atoms with E-state index in [9.17, 15) is 0 Å². The summed E-state index contributed by atoms with van der Waals surface area (Å²) in [5.41, 5.74) is 9.08.